The molecule has 6 heteroatoms. The first-order chi connectivity index (χ1) is 6.64. The lowest BCUT2D eigenvalue weighted by molar-refractivity contribution is 0.555. The SMILES string of the molecule is CCCCS(=O)(=O)NCc1cocn1. The number of nitrogens with one attached hydrogen (secondary N) is 1. The van der Waals surface area contributed by atoms with Gasteiger partial charge in [-0.3, -0.25) is 0 Å². The number of nitrogens with zero attached hydrogens (tertiary/aromatic N) is 1. The van der Waals surface area contributed by atoms with Gasteiger partial charge < -0.3 is 4.42 Å². The van der Waals surface area contributed by atoms with Gasteiger partial charge >= 0.3 is 0 Å². The maximum atomic E-state index is 11.3. The number of oxazole rings is 1. The molecule has 1 heterocycles. The van der Waals surface area contributed by atoms with Crippen molar-refractivity contribution in [3.8, 4) is 0 Å². The van der Waals surface area contributed by atoms with Crippen molar-refractivity contribution in [2.45, 2.75) is 26.3 Å². The third kappa shape index (κ3) is 3.89. The zero-order chi connectivity index (χ0) is 10.4. The van der Waals surface area contributed by atoms with Crippen molar-refractivity contribution in [1.29, 1.82) is 0 Å². The number of hydrogen-bond donors (Lipinski definition) is 1. The smallest absolute Gasteiger partial charge is 0.211 e. The lowest BCUT2D eigenvalue weighted by Gasteiger charge is -2.03. The van der Waals surface area contributed by atoms with Crippen LogP contribution in [0.25, 0.3) is 0 Å². The average molecular weight is 218 g/mol. The molecule has 1 rings (SSSR count). The molecule has 5 nitrogen and oxygen atoms in total. The van der Waals surface area contributed by atoms with Gasteiger partial charge in [0.15, 0.2) is 6.39 Å². The molecule has 1 aromatic rings. The van der Waals surface area contributed by atoms with Crippen molar-refractivity contribution in [2.24, 2.45) is 0 Å². The molecule has 14 heavy (non-hydrogen) atoms. The highest BCUT2D eigenvalue weighted by Crippen LogP contribution is 1.97. The van der Waals surface area contributed by atoms with Crippen molar-refractivity contribution in [3.63, 3.8) is 0 Å². The minimum atomic E-state index is -3.15. The van der Waals surface area contributed by atoms with Crippen LogP contribution >= 0.6 is 0 Å². The van der Waals surface area contributed by atoms with Crippen molar-refractivity contribution in [1.82, 2.24) is 9.71 Å². The monoisotopic (exact) mass is 218 g/mol. The van der Waals surface area contributed by atoms with E-state index in [1.807, 2.05) is 6.92 Å². The molecule has 0 saturated carbocycles. The minimum absolute atomic E-state index is 0.168. The first-order valence-electron chi connectivity index (χ1n) is 4.48. The second-order valence-corrected chi connectivity index (χ2v) is 4.90. The van der Waals surface area contributed by atoms with E-state index in [4.69, 9.17) is 4.42 Å². The van der Waals surface area contributed by atoms with Crippen LogP contribution in [0.3, 0.4) is 0 Å². The van der Waals surface area contributed by atoms with E-state index in [0.717, 1.165) is 6.42 Å². The Kier molecular flexibility index (Phi) is 4.09. The third-order valence-corrected chi connectivity index (χ3v) is 3.13. The Morgan fingerprint density at radius 3 is 2.93 bits per heavy atom. The second kappa shape index (κ2) is 5.11. The molecule has 1 aromatic heterocycles. The molecule has 0 spiro atoms. The van der Waals surface area contributed by atoms with Gasteiger partial charge in [0.05, 0.1) is 18.0 Å². The Hall–Kier alpha value is -0.880. The number of sulfonamides is 1. The number of hydrogen-bond acceptors (Lipinski definition) is 4. The van der Waals surface area contributed by atoms with Crippen LogP contribution in [0.1, 0.15) is 25.5 Å². The topological polar surface area (TPSA) is 72.2 Å². The minimum Gasteiger partial charge on any atom is -0.451 e. The summed E-state index contributed by atoms with van der Waals surface area (Å²) in [6.07, 6.45) is 4.23. The van der Waals surface area contributed by atoms with E-state index in [0.29, 0.717) is 12.1 Å². The standard InChI is InChI=1S/C8H14N2O3S/c1-2-3-4-14(11,12)10-5-8-6-13-7-9-8/h6-7,10H,2-5H2,1H3. The lowest BCUT2D eigenvalue weighted by atomic mass is 10.4. The van der Waals surface area contributed by atoms with E-state index < -0.39 is 10.0 Å². The molecule has 0 aliphatic rings. The van der Waals surface area contributed by atoms with Gasteiger partial charge in [0.1, 0.15) is 6.26 Å². The Labute approximate surface area is 83.6 Å². The van der Waals surface area contributed by atoms with E-state index in [2.05, 4.69) is 9.71 Å². The highest BCUT2D eigenvalue weighted by molar-refractivity contribution is 7.89. The molecular weight excluding hydrogens is 204 g/mol. The quantitative estimate of drug-likeness (QED) is 0.769. The van der Waals surface area contributed by atoms with Gasteiger partial charge in [-0.05, 0) is 6.42 Å². The van der Waals surface area contributed by atoms with Gasteiger partial charge in [-0.2, -0.15) is 0 Å². The second-order valence-electron chi connectivity index (χ2n) is 2.97. The Morgan fingerprint density at radius 2 is 2.36 bits per heavy atom. The average Bonchev–Trinajstić information content (AvgIpc) is 2.64. The molecule has 1 N–H and O–H groups in total. The molecule has 0 bridgehead atoms. The van der Waals surface area contributed by atoms with Crippen LogP contribution in [0, 0.1) is 0 Å². The van der Waals surface area contributed by atoms with Gasteiger partial charge in [-0.25, -0.2) is 18.1 Å². The molecule has 0 saturated heterocycles. The van der Waals surface area contributed by atoms with Crippen LogP contribution in [0.2, 0.25) is 0 Å². The highest BCUT2D eigenvalue weighted by Gasteiger charge is 2.09. The van der Waals surface area contributed by atoms with Gasteiger partial charge in [-0.1, -0.05) is 13.3 Å². The number of rotatable bonds is 6. The maximum Gasteiger partial charge on any atom is 0.211 e. The van der Waals surface area contributed by atoms with Crippen LogP contribution in [-0.4, -0.2) is 19.2 Å². The molecule has 0 aliphatic carbocycles. The van der Waals surface area contributed by atoms with Crippen molar-refractivity contribution in [2.75, 3.05) is 5.75 Å². The van der Waals surface area contributed by atoms with Gasteiger partial charge in [0.25, 0.3) is 0 Å². The third-order valence-electron chi connectivity index (χ3n) is 1.72. The molecule has 80 valence electrons. The van der Waals surface area contributed by atoms with Crippen molar-refractivity contribution >= 4 is 10.0 Å². The summed E-state index contributed by atoms with van der Waals surface area (Å²) >= 11 is 0. The highest BCUT2D eigenvalue weighted by atomic mass is 32.2. The van der Waals surface area contributed by atoms with Crippen LogP contribution in [0.15, 0.2) is 17.1 Å². The fourth-order valence-electron chi connectivity index (χ4n) is 0.915. The van der Waals surface area contributed by atoms with Crippen LogP contribution in [-0.2, 0) is 16.6 Å². The summed E-state index contributed by atoms with van der Waals surface area (Å²) in [6.45, 7) is 2.15. The summed E-state index contributed by atoms with van der Waals surface area (Å²) in [5.74, 6) is 0.168. The predicted molar refractivity (Wildman–Crippen MR) is 52.0 cm³/mol. The number of unbranched alkanes of at least 4 members (excludes halogenated alkanes) is 1. The van der Waals surface area contributed by atoms with Gasteiger partial charge in [0, 0.05) is 0 Å². The van der Waals surface area contributed by atoms with Crippen LogP contribution in [0.4, 0.5) is 0 Å². The fourth-order valence-corrected chi connectivity index (χ4v) is 2.10. The number of aromatic nitrogens is 1. The molecule has 0 aromatic carbocycles. The molecular formula is C8H14N2O3S. The fraction of sp³-hybridized carbons (Fsp3) is 0.625. The Morgan fingerprint density at radius 1 is 1.57 bits per heavy atom. The zero-order valence-electron chi connectivity index (χ0n) is 8.06. The summed E-state index contributed by atoms with van der Waals surface area (Å²) in [6, 6.07) is 0. The zero-order valence-corrected chi connectivity index (χ0v) is 8.88. The van der Waals surface area contributed by atoms with E-state index in [-0.39, 0.29) is 12.3 Å². The molecule has 0 amide bonds. The van der Waals surface area contributed by atoms with Gasteiger partial charge in [-0.15, -0.1) is 0 Å². The molecule has 0 fully saturated rings. The van der Waals surface area contributed by atoms with E-state index in [1.165, 1.54) is 12.7 Å². The molecule has 0 unspecified atom stereocenters. The molecule has 0 radical (unpaired) electrons. The van der Waals surface area contributed by atoms with Crippen LogP contribution in [0.5, 0.6) is 0 Å². The van der Waals surface area contributed by atoms with E-state index in [1.54, 1.807) is 0 Å². The van der Waals surface area contributed by atoms with E-state index in [9.17, 15) is 8.42 Å². The van der Waals surface area contributed by atoms with Gasteiger partial charge in [0.2, 0.25) is 10.0 Å². The van der Waals surface area contributed by atoms with Crippen molar-refractivity contribution < 1.29 is 12.8 Å². The lowest BCUT2D eigenvalue weighted by Crippen LogP contribution is -2.25. The van der Waals surface area contributed by atoms with Crippen LogP contribution < -0.4 is 4.72 Å². The summed E-state index contributed by atoms with van der Waals surface area (Å²) in [4.78, 5) is 3.81. The summed E-state index contributed by atoms with van der Waals surface area (Å²) in [5.41, 5.74) is 0.588. The summed E-state index contributed by atoms with van der Waals surface area (Å²) in [7, 11) is -3.15. The van der Waals surface area contributed by atoms with Crippen molar-refractivity contribution in [3.05, 3.63) is 18.4 Å². The predicted octanol–water partition coefficient (Wildman–Crippen LogP) is 0.894. The summed E-state index contributed by atoms with van der Waals surface area (Å²) < 4.78 is 29.8. The molecule has 0 atom stereocenters. The summed E-state index contributed by atoms with van der Waals surface area (Å²) in [5, 5.41) is 0. The Balaban J connectivity index is 2.37. The largest absolute Gasteiger partial charge is 0.451 e. The maximum absolute atomic E-state index is 11.3. The molecule has 0 aliphatic heterocycles. The normalized spacial score (nSPS) is 11.8. The first kappa shape index (κ1) is 11.2. The Bertz CT molecular complexity index is 345. The van der Waals surface area contributed by atoms with E-state index >= 15 is 0 Å². The first-order valence-corrected chi connectivity index (χ1v) is 6.13.